The van der Waals surface area contributed by atoms with Gasteiger partial charge in [-0.2, -0.15) is 0 Å². The maximum atomic E-state index is 13.8. The Kier molecular flexibility index (Phi) is 5.74. The molecule has 3 aromatic carbocycles. The summed E-state index contributed by atoms with van der Waals surface area (Å²) in [5.74, 6) is 0.0903. The minimum atomic E-state index is -0.374. The number of anilines is 1. The molecule has 4 aromatic rings. The minimum Gasteiger partial charge on any atom is -0.325 e. The van der Waals surface area contributed by atoms with E-state index in [0.29, 0.717) is 32.5 Å². The average Bonchev–Trinajstić information content (AvgIpc) is 2.74. The fraction of sp³-hybridized carbons (Fsp3) is 0.0455. The maximum absolute atomic E-state index is 13.8. The number of carbonyl (C=O) groups excluding carboxylic acids is 1. The second kappa shape index (κ2) is 8.59. The Morgan fingerprint density at radius 1 is 1.00 bits per heavy atom. The van der Waals surface area contributed by atoms with Gasteiger partial charge in [-0.3, -0.25) is 4.79 Å². The summed E-state index contributed by atoms with van der Waals surface area (Å²) >= 11 is 7.10. The number of nitrogens with zero attached hydrogens (tertiary/aromatic N) is 2. The van der Waals surface area contributed by atoms with E-state index in [2.05, 4.69) is 15.3 Å². The van der Waals surface area contributed by atoms with Gasteiger partial charge in [-0.1, -0.05) is 53.7 Å². The summed E-state index contributed by atoms with van der Waals surface area (Å²) in [5, 5.41) is 4.54. The Balaban J connectivity index is 1.60. The van der Waals surface area contributed by atoms with E-state index in [4.69, 9.17) is 11.6 Å². The lowest BCUT2D eigenvalue weighted by molar-refractivity contribution is -0.113. The van der Waals surface area contributed by atoms with Gasteiger partial charge in [0, 0.05) is 21.7 Å². The molecule has 0 saturated heterocycles. The topological polar surface area (TPSA) is 54.9 Å². The van der Waals surface area contributed by atoms with Gasteiger partial charge in [0.1, 0.15) is 10.8 Å². The Morgan fingerprint density at radius 2 is 1.76 bits per heavy atom. The van der Waals surface area contributed by atoms with Crippen molar-refractivity contribution in [1.82, 2.24) is 9.97 Å². The van der Waals surface area contributed by atoms with Crippen LogP contribution < -0.4 is 5.32 Å². The van der Waals surface area contributed by atoms with Crippen LogP contribution in [0.15, 0.2) is 77.8 Å². The molecular formula is C22H15ClFN3OS. The number of halogens is 2. The molecular weight excluding hydrogens is 409 g/mol. The summed E-state index contributed by atoms with van der Waals surface area (Å²) < 4.78 is 13.8. The van der Waals surface area contributed by atoms with Gasteiger partial charge in [0.25, 0.3) is 0 Å². The van der Waals surface area contributed by atoms with Crippen molar-refractivity contribution in [3.63, 3.8) is 0 Å². The zero-order chi connectivity index (χ0) is 20.2. The third-order valence-electron chi connectivity index (χ3n) is 4.12. The molecule has 0 aliphatic heterocycles. The smallest absolute Gasteiger partial charge is 0.234 e. The predicted molar refractivity (Wildman–Crippen MR) is 116 cm³/mol. The Bertz CT molecular complexity index is 1170. The molecule has 0 saturated carbocycles. The van der Waals surface area contributed by atoms with E-state index in [9.17, 15) is 9.18 Å². The van der Waals surface area contributed by atoms with Gasteiger partial charge in [-0.05, 0) is 42.5 Å². The van der Waals surface area contributed by atoms with E-state index >= 15 is 0 Å². The fourth-order valence-corrected chi connectivity index (χ4v) is 3.70. The van der Waals surface area contributed by atoms with Crippen LogP contribution in [0, 0.1) is 5.82 Å². The fourth-order valence-electron chi connectivity index (χ4n) is 2.76. The van der Waals surface area contributed by atoms with Gasteiger partial charge >= 0.3 is 0 Å². The van der Waals surface area contributed by atoms with Gasteiger partial charge in [-0.25, -0.2) is 14.4 Å². The monoisotopic (exact) mass is 423 g/mol. The quantitative estimate of drug-likeness (QED) is 0.324. The van der Waals surface area contributed by atoms with Crippen molar-refractivity contribution in [2.45, 2.75) is 5.03 Å². The largest absolute Gasteiger partial charge is 0.325 e. The molecule has 0 atom stereocenters. The van der Waals surface area contributed by atoms with Crippen LogP contribution in [-0.4, -0.2) is 21.6 Å². The maximum Gasteiger partial charge on any atom is 0.234 e. The molecule has 0 fully saturated rings. The summed E-state index contributed by atoms with van der Waals surface area (Å²) in [6, 6.07) is 20.8. The van der Waals surface area contributed by atoms with Crippen molar-refractivity contribution in [2.24, 2.45) is 0 Å². The number of hydrogen-bond donors (Lipinski definition) is 1. The van der Waals surface area contributed by atoms with E-state index in [-0.39, 0.29) is 17.5 Å². The van der Waals surface area contributed by atoms with Crippen LogP contribution in [-0.2, 0) is 4.79 Å². The zero-order valence-electron chi connectivity index (χ0n) is 15.1. The molecule has 1 aromatic heterocycles. The lowest BCUT2D eigenvalue weighted by atomic mass is 10.2. The number of nitrogens with one attached hydrogen (secondary N) is 1. The second-order valence-electron chi connectivity index (χ2n) is 6.22. The number of benzene rings is 3. The molecule has 1 heterocycles. The molecule has 29 heavy (non-hydrogen) atoms. The third kappa shape index (κ3) is 4.72. The summed E-state index contributed by atoms with van der Waals surface area (Å²) in [6.45, 7) is 0. The lowest BCUT2D eigenvalue weighted by Crippen LogP contribution is -2.14. The summed E-state index contributed by atoms with van der Waals surface area (Å²) in [4.78, 5) is 21.5. The van der Waals surface area contributed by atoms with E-state index in [1.807, 2.05) is 30.3 Å². The van der Waals surface area contributed by atoms with Crippen LogP contribution in [0.5, 0.6) is 0 Å². The molecule has 0 aliphatic rings. The van der Waals surface area contributed by atoms with E-state index in [1.54, 1.807) is 30.3 Å². The van der Waals surface area contributed by atoms with Crippen molar-refractivity contribution < 1.29 is 9.18 Å². The molecule has 0 aliphatic carbocycles. The SMILES string of the molecule is O=C(CSc1nc(-c2ccccc2)nc2ccc(F)cc12)Nc1ccc(Cl)cc1. The van der Waals surface area contributed by atoms with Crippen molar-refractivity contribution in [3.05, 3.63) is 83.6 Å². The van der Waals surface area contributed by atoms with Gasteiger partial charge in [0.15, 0.2) is 5.82 Å². The third-order valence-corrected chi connectivity index (χ3v) is 5.37. The first-order valence-electron chi connectivity index (χ1n) is 8.79. The Morgan fingerprint density at radius 3 is 2.52 bits per heavy atom. The van der Waals surface area contributed by atoms with Crippen LogP contribution in [0.25, 0.3) is 22.3 Å². The average molecular weight is 424 g/mol. The number of rotatable bonds is 5. The van der Waals surface area contributed by atoms with Crippen LogP contribution >= 0.6 is 23.4 Å². The van der Waals surface area contributed by atoms with Crippen molar-refractivity contribution in [3.8, 4) is 11.4 Å². The highest BCUT2D eigenvalue weighted by molar-refractivity contribution is 8.00. The standard InChI is InChI=1S/C22H15ClFN3OS/c23-15-6-9-17(10-7-15)25-20(28)13-29-22-18-12-16(24)8-11-19(18)26-21(27-22)14-4-2-1-3-5-14/h1-12H,13H2,(H,25,28). The molecule has 0 bridgehead atoms. The predicted octanol–water partition coefficient (Wildman–Crippen LogP) is 5.82. The zero-order valence-corrected chi connectivity index (χ0v) is 16.7. The molecule has 4 rings (SSSR count). The Labute approximate surface area is 176 Å². The van der Waals surface area contributed by atoms with E-state index in [0.717, 1.165) is 5.56 Å². The van der Waals surface area contributed by atoms with Gasteiger partial charge in [0.05, 0.1) is 11.3 Å². The van der Waals surface area contributed by atoms with Gasteiger partial charge < -0.3 is 5.32 Å². The normalized spacial score (nSPS) is 10.8. The number of aromatic nitrogens is 2. The van der Waals surface area contributed by atoms with Crippen LogP contribution in [0.1, 0.15) is 0 Å². The second-order valence-corrected chi connectivity index (χ2v) is 7.62. The first-order chi connectivity index (χ1) is 14.1. The molecule has 0 radical (unpaired) electrons. The summed E-state index contributed by atoms with van der Waals surface area (Å²) in [7, 11) is 0. The molecule has 1 amide bonds. The highest BCUT2D eigenvalue weighted by Crippen LogP contribution is 2.29. The lowest BCUT2D eigenvalue weighted by Gasteiger charge is -2.09. The minimum absolute atomic E-state index is 0.124. The summed E-state index contributed by atoms with van der Waals surface area (Å²) in [6.07, 6.45) is 0. The first-order valence-corrected chi connectivity index (χ1v) is 10.2. The molecule has 4 nitrogen and oxygen atoms in total. The van der Waals surface area contributed by atoms with Crippen LogP contribution in [0.2, 0.25) is 5.02 Å². The number of hydrogen-bond acceptors (Lipinski definition) is 4. The van der Waals surface area contributed by atoms with Crippen LogP contribution in [0.4, 0.5) is 10.1 Å². The molecule has 144 valence electrons. The summed E-state index contributed by atoms with van der Waals surface area (Å²) in [5.41, 5.74) is 2.13. The van der Waals surface area contributed by atoms with Crippen molar-refractivity contribution in [2.75, 3.05) is 11.1 Å². The highest BCUT2D eigenvalue weighted by atomic mass is 35.5. The van der Waals surface area contributed by atoms with E-state index in [1.165, 1.54) is 23.9 Å². The molecule has 0 unspecified atom stereocenters. The van der Waals surface area contributed by atoms with Crippen molar-refractivity contribution in [1.29, 1.82) is 0 Å². The van der Waals surface area contributed by atoms with Gasteiger partial charge in [-0.15, -0.1) is 0 Å². The molecule has 1 N–H and O–H groups in total. The van der Waals surface area contributed by atoms with Crippen molar-refractivity contribution >= 4 is 45.9 Å². The number of fused-ring (bicyclic) bond motifs is 1. The number of thioether (sulfide) groups is 1. The molecule has 7 heteroatoms. The van der Waals surface area contributed by atoms with Gasteiger partial charge in [0.2, 0.25) is 5.91 Å². The highest BCUT2D eigenvalue weighted by Gasteiger charge is 2.13. The number of carbonyl (C=O) groups is 1. The van der Waals surface area contributed by atoms with Crippen LogP contribution in [0.3, 0.4) is 0 Å². The Hall–Kier alpha value is -2.96. The first kappa shape index (κ1) is 19.4. The van der Waals surface area contributed by atoms with E-state index < -0.39 is 0 Å². The number of amides is 1. The molecule has 0 spiro atoms.